The number of aromatic nitrogens is 2. The van der Waals surface area contributed by atoms with Crippen LogP contribution in [0.3, 0.4) is 0 Å². The van der Waals surface area contributed by atoms with Crippen molar-refractivity contribution in [3.63, 3.8) is 0 Å². The first-order chi connectivity index (χ1) is 6.20. The molecule has 0 spiro atoms. The standard InChI is InChI=1S/C10H10N2O/c1-7-10(13)8-5-3-4-6-9(8)12(2)11-7/h3-6H,1-2H3. The van der Waals surface area contributed by atoms with E-state index in [1.54, 1.807) is 11.6 Å². The zero-order valence-electron chi connectivity index (χ0n) is 7.61. The lowest BCUT2D eigenvalue weighted by Gasteiger charge is -2.03. The summed E-state index contributed by atoms with van der Waals surface area (Å²) in [4.78, 5) is 11.6. The van der Waals surface area contributed by atoms with Gasteiger partial charge >= 0.3 is 0 Å². The smallest absolute Gasteiger partial charge is 0.210 e. The summed E-state index contributed by atoms with van der Waals surface area (Å²) in [6.07, 6.45) is 0. The van der Waals surface area contributed by atoms with E-state index in [1.807, 2.05) is 31.3 Å². The molecule has 2 rings (SSSR count). The van der Waals surface area contributed by atoms with Gasteiger partial charge < -0.3 is 0 Å². The summed E-state index contributed by atoms with van der Waals surface area (Å²) in [5.74, 6) is 0. The first kappa shape index (κ1) is 7.98. The molecule has 0 atom stereocenters. The second-order valence-corrected chi connectivity index (χ2v) is 3.06. The molecule has 0 N–H and O–H groups in total. The van der Waals surface area contributed by atoms with Crippen LogP contribution in [0.15, 0.2) is 29.1 Å². The van der Waals surface area contributed by atoms with Crippen LogP contribution in [0.25, 0.3) is 10.9 Å². The summed E-state index contributed by atoms with van der Waals surface area (Å²) in [5.41, 5.74) is 1.44. The van der Waals surface area contributed by atoms with Crippen LogP contribution in [0.4, 0.5) is 0 Å². The zero-order valence-corrected chi connectivity index (χ0v) is 7.61. The summed E-state index contributed by atoms with van der Waals surface area (Å²) < 4.78 is 1.73. The normalized spacial score (nSPS) is 10.6. The molecule has 0 saturated heterocycles. The summed E-state index contributed by atoms with van der Waals surface area (Å²) in [5, 5.41) is 4.84. The number of hydrogen-bond acceptors (Lipinski definition) is 2. The summed E-state index contributed by atoms with van der Waals surface area (Å²) in [6.45, 7) is 1.73. The SMILES string of the molecule is Cc1nn(C)c2ccccc2c1=O. The highest BCUT2D eigenvalue weighted by Gasteiger charge is 2.03. The van der Waals surface area contributed by atoms with Crippen molar-refractivity contribution in [3.05, 3.63) is 40.2 Å². The van der Waals surface area contributed by atoms with Crippen LogP contribution in [0, 0.1) is 6.92 Å². The lowest BCUT2D eigenvalue weighted by Crippen LogP contribution is -2.14. The Morgan fingerprint density at radius 3 is 2.77 bits per heavy atom. The average Bonchev–Trinajstić information content (AvgIpc) is 2.15. The maximum atomic E-state index is 11.6. The predicted octanol–water partition coefficient (Wildman–Crippen LogP) is 1.24. The summed E-state index contributed by atoms with van der Waals surface area (Å²) in [6, 6.07) is 7.48. The van der Waals surface area contributed by atoms with E-state index >= 15 is 0 Å². The van der Waals surface area contributed by atoms with Crippen molar-refractivity contribution in [2.24, 2.45) is 7.05 Å². The average molecular weight is 174 g/mol. The highest BCUT2D eigenvalue weighted by molar-refractivity contribution is 5.78. The van der Waals surface area contributed by atoms with Gasteiger partial charge in [0.1, 0.15) is 5.69 Å². The van der Waals surface area contributed by atoms with Gasteiger partial charge in [-0.2, -0.15) is 5.10 Å². The van der Waals surface area contributed by atoms with Gasteiger partial charge in [-0.1, -0.05) is 12.1 Å². The molecule has 0 aliphatic rings. The van der Waals surface area contributed by atoms with Gasteiger partial charge in [-0.25, -0.2) is 0 Å². The van der Waals surface area contributed by atoms with Crippen molar-refractivity contribution in [2.75, 3.05) is 0 Å². The molecule has 3 nitrogen and oxygen atoms in total. The number of aryl methyl sites for hydroxylation is 2. The van der Waals surface area contributed by atoms with Gasteiger partial charge in [0.2, 0.25) is 5.43 Å². The second kappa shape index (κ2) is 2.69. The fourth-order valence-electron chi connectivity index (χ4n) is 1.47. The molecule has 1 heterocycles. The van der Waals surface area contributed by atoms with Crippen molar-refractivity contribution in [3.8, 4) is 0 Å². The minimum atomic E-state index is 0.0219. The molecule has 0 fully saturated rings. The molecule has 1 aromatic carbocycles. The minimum Gasteiger partial charge on any atom is -0.287 e. The van der Waals surface area contributed by atoms with E-state index < -0.39 is 0 Å². The van der Waals surface area contributed by atoms with Gasteiger partial charge in [-0.3, -0.25) is 9.48 Å². The maximum Gasteiger partial charge on any atom is 0.210 e. The van der Waals surface area contributed by atoms with Crippen molar-refractivity contribution < 1.29 is 0 Å². The third kappa shape index (κ3) is 1.13. The fraction of sp³-hybridized carbons (Fsp3) is 0.200. The molecule has 13 heavy (non-hydrogen) atoms. The second-order valence-electron chi connectivity index (χ2n) is 3.06. The number of hydrogen-bond donors (Lipinski definition) is 0. The number of para-hydroxylation sites is 1. The minimum absolute atomic E-state index is 0.0219. The van der Waals surface area contributed by atoms with E-state index in [2.05, 4.69) is 5.10 Å². The van der Waals surface area contributed by atoms with Gasteiger partial charge in [-0.15, -0.1) is 0 Å². The molecule has 0 bridgehead atoms. The third-order valence-electron chi connectivity index (χ3n) is 2.13. The van der Waals surface area contributed by atoms with Crippen LogP contribution >= 0.6 is 0 Å². The lowest BCUT2D eigenvalue weighted by molar-refractivity contribution is 0.754. The lowest BCUT2D eigenvalue weighted by atomic mass is 10.2. The van der Waals surface area contributed by atoms with Crippen LogP contribution in [0.5, 0.6) is 0 Å². The van der Waals surface area contributed by atoms with E-state index in [9.17, 15) is 4.79 Å². The van der Waals surface area contributed by atoms with Gasteiger partial charge in [-0.05, 0) is 19.1 Å². The van der Waals surface area contributed by atoms with Gasteiger partial charge in [0, 0.05) is 12.4 Å². The molecule has 3 heteroatoms. The summed E-state index contributed by atoms with van der Waals surface area (Å²) >= 11 is 0. The van der Waals surface area contributed by atoms with Crippen LogP contribution in [0.1, 0.15) is 5.69 Å². The number of fused-ring (bicyclic) bond motifs is 1. The van der Waals surface area contributed by atoms with Gasteiger partial charge in [0.15, 0.2) is 0 Å². The van der Waals surface area contributed by atoms with E-state index in [1.165, 1.54) is 0 Å². The first-order valence-corrected chi connectivity index (χ1v) is 4.13. The van der Waals surface area contributed by atoms with Gasteiger partial charge in [0.25, 0.3) is 0 Å². The number of benzene rings is 1. The molecule has 0 aliphatic heterocycles. The van der Waals surface area contributed by atoms with Crippen molar-refractivity contribution in [2.45, 2.75) is 6.92 Å². The largest absolute Gasteiger partial charge is 0.287 e. The Balaban J connectivity index is 3.06. The molecule has 1 aromatic heterocycles. The van der Waals surface area contributed by atoms with Crippen molar-refractivity contribution in [1.82, 2.24) is 9.78 Å². The topological polar surface area (TPSA) is 34.9 Å². The first-order valence-electron chi connectivity index (χ1n) is 4.13. The van der Waals surface area contributed by atoms with E-state index in [0.29, 0.717) is 5.69 Å². The third-order valence-corrected chi connectivity index (χ3v) is 2.13. The Labute approximate surface area is 75.6 Å². The monoisotopic (exact) mass is 174 g/mol. The maximum absolute atomic E-state index is 11.6. The Bertz CT molecular complexity index is 514. The Morgan fingerprint density at radius 1 is 1.31 bits per heavy atom. The van der Waals surface area contributed by atoms with Crippen molar-refractivity contribution in [1.29, 1.82) is 0 Å². The van der Waals surface area contributed by atoms with Crippen molar-refractivity contribution >= 4 is 10.9 Å². The van der Waals surface area contributed by atoms with E-state index in [-0.39, 0.29) is 5.43 Å². The Kier molecular flexibility index (Phi) is 1.65. The van der Waals surface area contributed by atoms with Crippen LogP contribution < -0.4 is 5.43 Å². The molecular formula is C10H10N2O. The van der Waals surface area contributed by atoms with E-state index in [0.717, 1.165) is 10.9 Å². The Hall–Kier alpha value is -1.64. The molecule has 0 unspecified atom stereocenters. The predicted molar refractivity (Wildman–Crippen MR) is 51.7 cm³/mol. The molecule has 0 amide bonds. The highest BCUT2D eigenvalue weighted by atomic mass is 16.1. The van der Waals surface area contributed by atoms with E-state index in [4.69, 9.17) is 0 Å². The molecule has 66 valence electrons. The Morgan fingerprint density at radius 2 is 2.00 bits per heavy atom. The molecule has 2 aromatic rings. The van der Waals surface area contributed by atoms with Crippen LogP contribution in [-0.2, 0) is 7.05 Å². The molecule has 0 radical (unpaired) electrons. The fourth-order valence-corrected chi connectivity index (χ4v) is 1.47. The quantitative estimate of drug-likeness (QED) is 0.602. The van der Waals surface area contributed by atoms with Gasteiger partial charge in [0.05, 0.1) is 5.52 Å². The molecule has 0 saturated carbocycles. The van der Waals surface area contributed by atoms with Crippen LogP contribution in [-0.4, -0.2) is 9.78 Å². The summed E-state index contributed by atoms with van der Waals surface area (Å²) in [7, 11) is 1.84. The molecule has 0 aliphatic carbocycles. The number of nitrogens with zero attached hydrogens (tertiary/aromatic N) is 2. The number of rotatable bonds is 0. The molecular weight excluding hydrogens is 164 g/mol. The zero-order chi connectivity index (χ0) is 9.42. The highest BCUT2D eigenvalue weighted by Crippen LogP contribution is 2.06. The van der Waals surface area contributed by atoms with Crippen LogP contribution in [0.2, 0.25) is 0 Å².